The first-order valence-electron chi connectivity index (χ1n) is 29.2. The van der Waals surface area contributed by atoms with Gasteiger partial charge in [-0.05, 0) is 143 Å². The van der Waals surface area contributed by atoms with E-state index in [4.69, 9.17) is 0 Å². The summed E-state index contributed by atoms with van der Waals surface area (Å²) in [7, 11) is -3.21. The molecular formula is C72H78N2O6Si2. The molecular weight excluding hydrogens is 1040 g/mol. The first-order chi connectivity index (χ1) is 39.3. The second-order valence-corrected chi connectivity index (χ2v) is 33.0. The number of hydrogen-bond donors (Lipinski definition) is 4. The summed E-state index contributed by atoms with van der Waals surface area (Å²) in [6, 6.07) is 37.2. The summed E-state index contributed by atoms with van der Waals surface area (Å²) in [4.78, 5) is 54.8. The van der Waals surface area contributed by atoms with Crippen LogP contribution in [0.4, 0.5) is 11.4 Å². The van der Waals surface area contributed by atoms with Gasteiger partial charge in [0.05, 0.1) is 11.1 Å². The van der Waals surface area contributed by atoms with E-state index in [9.17, 15) is 29.4 Å². The first-order valence-corrected chi connectivity index (χ1v) is 36.2. The van der Waals surface area contributed by atoms with E-state index in [1.807, 2.05) is 97.1 Å². The number of rotatable bonds is 18. The van der Waals surface area contributed by atoms with Gasteiger partial charge in [-0.2, -0.15) is 0 Å². The summed E-state index contributed by atoms with van der Waals surface area (Å²) in [6.45, 7) is 17.5. The minimum Gasteiger partial charge on any atom is -0.478 e. The molecule has 1 saturated carbocycles. The van der Waals surface area contributed by atoms with E-state index in [0.717, 1.165) is 99.3 Å². The van der Waals surface area contributed by atoms with Crippen LogP contribution in [0, 0.1) is 58.4 Å². The van der Waals surface area contributed by atoms with Crippen LogP contribution in [-0.4, -0.2) is 50.1 Å². The van der Waals surface area contributed by atoms with Crippen LogP contribution in [0.15, 0.2) is 121 Å². The zero-order valence-corrected chi connectivity index (χ0v) is 51.1. The van der Waals surface area contributed by atoms with Crippen LogP contribution >= 0.6 is 0 Å². The second kappa shape index (κ2) is 29.0. The highest BCUT2D eigenvalue weighted by Crippen LogP contribution is 2.38. The molecule has 0 radical (unpaired) electrons. The summed E-state index contributed by atoms with van der Waals surface area (Å²) >= 11 is 0. The van der Waals surface area contributed by atoms with Crippen molar-refractivity contribution in [3.05, 3.63) is 155 Å². The molecule has 6 aromatic carbocycles. The minimum atomic E-state index is -1.60. The van der Waals surface area contributed by atoms with Crippen molar-refractivity contribution in [2.45, 2.75) is 143 Å². The molecule has 1 aliphatic carbocycles. The van der Waals surface area contributed by atoms with Crippen molar-refractivity contribution in [1.82, 2.24) is 0 Å². The predicted octanol–water partition coefficient (Wildman–Crippen LogP) is 17.2. The fourth-order valence-electron chi connectivity index (χ4n) is 10.1. The van der Waals surface area contributed by atoms with Gasteiger partial charge in [-0.3, -0.25) is 9.59 Å². The number of nitrogens with one attached hydrogen (secondary N) is 2. The van der Waals surface area contributed by atoms with E-state index in [1.54, 1.807) is 24.3 Å². The number of amides is 2. The highest BCUT2D eigenvalue weighted by Gasteiger charge is 2.36. The Morgan fingerprint density at radius 2 is 0.756 bits per heavy atom. The lowest BCUT2D eigenvalue weighted by Crippen LogP contribution is -2.38. The van der Waals surface area contributed by atoms with E-state index in [-0.39, 0.29) is 22.9 Å². The van der Waals surface area contributed by atoms with E-state index in [2.05, 4.69) is 110 Å². The number of carbonyl (C=O) groups is 4. The van der Waals surface area contributed by atoms with Crippen LogP contribution in [0.1, 0.15) is 147 Å². The maximum absolute atomic E-state index is 14.2. The summed E-state index contributed by atoms with van der Waals surface area (Å²) in [5.74, 6) is 16.0. The molecule has 0 aliphatic heterocycles. The van der Waals surface area contributed by atoms with Crippen LogP contribution in [-0.2, 0) is 9.59 Å². The summed E-state index contributed by atoms with van der Waals surface area (Å²) in [5.41, 5.74) is 16.3. The number of anilines is 2. The van der Waals surface area contributed by atoms with Crippen LogP contribution in [0.25, 0.3) is 44.5 Å². The summed E-state index contributed by atoms with van der Waals surface area (Å²) < 4.78 is 0. The third kappa shape index (κ3) is 17.7. The van der Waals surface area contributed by atoms with Gasteiger partial charge < -0.3 is 20.8 Å². The monoisotopic (exact) mass is 1120 g/mol. The lowest BCUT2D eigenvalue weighted by atomic mass is 9.78. The molecule has 10 heteroatoms. The van der Waals surface area contributed by atoms with Crippen molar-refractivity contribution >= 4 is 51.3 Å². The molecule has 0 heterocycles. The van der Waals surface area contributed by atoms with Crippen molar-refractivity contribution in [2.24, 2.45) is 11.8 Å². The van der Waals surface area contributed by atoms with Crippen LogP contribution < -0.4 is 10.6 Å². The van der Waals surface area contributed by atoms with Gasteiger partial charge in [-0.15, -0.1) is 11.1 Å². The molecule has 0 bridgehead atoms. The SMILES string of the molecule is CCCCCCC#Cc1cc(-c2ccc(C#C[Si](C)(C)C)cc2)c(C(=O)O)c(-c2ccc(NC(=O)C3CCCCC3C(=O)Nc3ccc(-c4cc(C#CCCCCCC)cc(-c5ccc(C#C[Si](C)(C)C)cc5)c4C(=O)O)cc3)cc2)c1. The molecule has 7 rings (SSSR count). The minimum absolute atomic E-state index is 0.153. The molecule has 6 aromatic rings. The smallest absolute Gasteiger partial charge is 0.336 e. The molecule has 0 spiro atoms. The first kappa shape index (κ1) is 61.5. The molecule has 2 amide bonds. The lowest BCUT2D eigenvalue weighted by Gasteiger charge is -2.29. The molecule has 1 fully saturated rings. The van der Waals surface area contributed by atoms with Crippen molar-refractivity contribution in [1.29, 1.82) is 0 Å². The zero-order chi connectivity index (χ0) is 58.8. The number of carbonyl (C=O) groups excluding carboxylic acids is 2. The molecule has 2 unspecified atom stereocenters. The average molecular weight is 1120 g/mol. The number of aromatic carboxylic acids is 2. The Labute approximate surface area is 489 Å². The van der Waals surface area contributed by atoms with E-state index >= 15 is 0 Å². The van der Waals surface area contributed by atoms with Gasteiger partial charge in [0.15, 0.2) is 0 Å². The number of carboxylic acids is 2. The van der Waals surface area contributed by atoms with Crippen molar-refractivity contribution in [3.63, 3.8) is 0 Å². The van der Waals surface area contributed by atoms with Crippen molar-refractivity contribution < 1.29 is 29.4 Å². The average Bonchev–Trinajstić information content (AvgIpc) is 2.81. The zero-order valence-electron chi connectivity index (χ0n) is 49.1. The number of benzene rings is 6. The highest BCUT2D eigenvalue weighted by molar-refractivity contribution is 6.84. The van der Waals surface area contributed by atoms with Gasteiger partial charge >= 0.3 is 11.9 Å². The van der Waals surface area contributed by atoms with Gasteiger partial charge in [-0.25, -0.2) is 9.59 Å². The van der Waals surface area contributed by atoms with E-state index < -0.39 is 39.9 Å². The Hall–Kier alpha value is -8.13. The van der Waals surface area contributed by atoms with Gasteiger partial charge in [-0.1, -0.05) is 189 Å². The van der Waals surface area contributed by atoms with E-state index in [1.165, 1.54) is 0 Å². The number of carboxylic acid groups (broad SMARTS) is 2. The summed E-state index contributed by atoms with van der Waals surface area (Å²) in [5, 5.41) is 27.8. The topological polar surface area (TPSA) is 133 Å². The highest BCUT2D eigenvalue weighted by atomic mass is 28.3. The van der Waals surface area contributed by atoms with Gasteiger partial charge in [0.25, 0.3) is 0 Å². The third-order valence-electron chi connectivity index (χ3n) is 14.4. The third-order valence-corrected chi connectivity index (χ3v) is 16.2. The van der Waals surface area contributed by atoms with Crippen molar-refractivity contribution in [3.8, 4) is 91.1 Å². The molecule has 420 valence electrons. The Kier molecular flexibility index (Phi) is 21.8. The fraction of sp³-hybridized carbons (Fsp3) is 0.333. The van der Waals surface area contributed by atoms with Crippen LogP contribution in [0.5, 0.6) is 0 Å². The Balaban J connectivity index is 1.11. The van der Waals surface area contributed by atoms with Gasteiger partial charge in [0.1, 0.15) is 16.1 Å². The Bertz CT molecular complexity index is 3290. The normalized spacial score (nSPS) is 13.8. The molecule has 82 heavy (non-hydrogen) atoms. The standard InChI is InChI=1S/C72H78N2O6Si2/c1-9-11-13-15-17-19-23-53-47-63(55-31-27-51(28-32-55)43-45-81(3,4)5)67(71(77)78)65(49-53)57-35-39-59(40-36-57)73-69(75)61-25-21-22-26-62(61)70(76)74-60-41-37-58(38-42-60)66-50-54(24-20-18-16-14-12-10-2)48-64(68(66)72(79)80)56-33-29-52(30-34-56)44-46-82(6,7)8/h27-42,47-50,61-62H,9-18,21-22,25-26H2,1-8H3,(H,73,75)(H,74,76)(H,77,78)(H,79,80). The summed E-state index contributed by atoms with van der Waals surface area (Å²) in [6.07, 6.45) is 13.0. The quantitative estimate of drug-likeness (QED) is 0.0385. The van der Waals surface area contributed by atoms with Crippen molar-refractivity contribution in [2.75, 3.05) is 10.6 Å². The molecule has 2 atom stereocenters. The number of unbranched alkanes of at least 4 members (excludes halogenated alkanes) is 8. The molecule has 4 N–H and O–H groups in total. The molecule has 0 saturated heterocycles. The maximum Gasteiger partial charge on any atom is 0.336 e. The Morgan fingerprint density at radius 1 is 0.439 bits per heavy atom. The predicted molar refractivity (Wildman–Crippen MR) is 343 cm³/mol. The largest absolute Gasteiger partial charge is 0.478 e. The lowest BCUT2D eigenvalue weighted by molar-refractivity contribution is -0.130. The van der Waals surface area contributed by atoms with Gasteiger partial charge in [0, 0.05) is 58.3 Å². The maximum atomic E-state index is 14.2. The van der Waals surface area contributed by atoms with Crippen LogP contribution in [0.3, 0.4) is 0 Å². The Morgan fingerprint density at radius 3 is 1.05 bits per heavy atom. The second-order valence-electron chi connectivity index (χ2n) is 23.5. The fourth-order valence-corrected chi connectivity index (χ4v) is 11.1. The van der Waals surface area contributed by atoms with Gasteiger partial charge in [0.2, 0.25) is 11.8 Å². The molecule has 0 aromatic heterocycles. The molecule has 8 nitrogen and oxygen atoms in total. The van der Waals surface area contributed by atoms with Crippen LogP contribution in [0.2, 0.25) is 39.3 Å². The molecule has 1 aliphatic rings. The van der Waals surface area contributed by atoms with E-state index in [0.29, 0.717) is 68.7 Å². The number of hydrogen-bond acceptors (Lipinski definition) is 4.